The lowest BCUT2D eigenvalue weighted by Gasteiger charge is -2.21. The molecular weight excluding hydrogens is 218 g/mol. The number of nitrogens with two attached hydrogens (primary N) is 1. The highest BCUT2D eigenvalue weighted by Gasteiger charge is 2.27. The van der Waals surface area contributed by atoms with Gasteiger partial charge >= 0.3 is 0 Å². The lowest BCUT2D eigenvalue weighted by molar-refractivity contribution is -0.384. The van der Waals surface area contributed by atoms with Crippen molar-refractivity contribution in [2.45, 2.75) is 19.9 Å². The van der Waals surface area contributed by atoms with E-state index in [-0.39, 0.29) is 16.7 Å². The first kappa shape index (κ1) is 11.9. The molecule has 0 unspecified atom stereocenters. The number of nitro groups is 1. The maximum Gasteiger partial charge on any atom is 0.269 e. The molecule has 0 fully saturated rings. The van der Waals surface area contributed by atoms with Crippen molar-refractivity contribution in [1.29, 1.82) is 0 Å². The van der Waals surface area contributed by atoms with E-state index in [0.29, 0.717) is 5.92 Å². The number of hydrogen-bond acceptors (Lipinski definition) is 4. The number of fused-ring (bicyclic) bond motifs is 1. The third-order valence-electron chi connectivity index (χ3n) is 2.96. The topological polar surface area (TPSA) is 72.4 Å². The molecule has 0 aliphatic carbocycles. The zero-order valence-electron chi connectivity index (χ0n) is 10.1. The molecule has 0 aromatic heterocycles. The van der Waals surface area contributed by atoms with Gasteiger partial charge in [0, 0.05) is 42.5 Å². The van der Waals surface area contributed by atoms with E-state index in [1.807, 2.05) is 6.07 Å². The van der Waals surface area contributed by atoms with Crippen molar-refractivity contribution in [1.82, 2.24) is 0 Å². The van der Waals surface area contributed by atoms with Gasteiger partial charge in [-0.25, -0.2) is 0 Å². The van der Waals surface area contributed by atoms with Crippen LogP contribution < -0.4 is 10.6 Å². The van der Waals surface area contributed by atoms with E-state index in [1.165, 1.54) is 0 Å². The Morgan fingerprint density at radius 2 is 2.29 bits per heavy atom. The maximum absolute atomic E-state index is 10.7. The highest BCUT2D eigenvalue weighted by atomic mass is 16.6. The van der Waals surface area contributed by atoms with Gasteiger partial charge in [0.2, 0.25) is 0 Å². The van der Waals surface area contributed by atoms with E-state index in [0.717, 1.165) is 24.3 Å². The molecule has 0 bridgehead atoms. The number of nitro benzene ring substituents is 1. The molecule has 0 amide bonds. The number of rotatable bonds is 3. The molecule has 0 spiro atoms. The van der Waals surface area contributed by atoms with Crippen LogP contribution in [0.3, 0.4) is 0 Å². The molecule has 92 valence electrons. The number of hydrogen-bond donors (Lipinski definition) is 1. The second-order valence-electron chi connectivity index (χ2n) is 4.91. The quantitative estimate of drug-likeness (QED) is 0.643. The largest absolute Gasteiger partial charge is 0.369 e. The van der Waals surface area contributed by atoms with Crippen molar-refractivity contribution in [3.05, 3.63) is 33.9 Å². The van der Waals surface area contributed by atoms with E-state index >= 15 is 0 Å². The SMILES string of the molecule is CC(C)CN1C[C@@H](N)c2cc([N+](=O)[O-])ccc21. The molecule has 2 N–H and O–H groups in total. The molecule has 0 saturated heterocycles. The summed E-state index contributed by atoms with van der Waals surface area (Å²) >= 11 is 0. The molecular formula is C12H17N3O2. The molecule has 1 aliphatic heterocycles. The molecule has 1 aromatic rings. The summed E-state index contributed by atoms with van der Waals surface area (Å²) in [5.41, 5.74) is 8.06. The van der Waals surface area contributed by atoms with Crippen LogP contribution in [0.4, 0.5) is 11.4 Å². The van der Waals surface area contributed by atoms with Crippen LogP contribution in [0, 0.1) is 16.0 Å². The molecule has 1 atom stereocenters. The molecule has 2 rings (SSSR count). The predicted octanol–water partition coefficient (Wildman–Crippen LogP) is 2.07. The molecule has 1 heterocycles. The van der Waals surface area contributed by atoms with Crippen LogP contribution in [0.2, 0.25) is 0 Å². The number of anilines is 1. The predicted molar refractivity (Wildman–Crippen MR) is 67.1 cm³/mol. The van der Waals surface area contributed by atoms with Gasteiger partial charge in [-0.05, 0) is 12.0 Å². The van der Waals surface area contributed by atoms with Gasteiger partial charge in [-0.2, -0.15) is 0 Å². The van der Waals surface area contributed by atoms with Crippen LogP contribution in [0.1, 0.15) is 25.5 Å². The number of benzene rings is 1. The first-order valence-electron chi connectivity index (χ1n) is 5.78. The van der Waals surface area contributed by atoms with Crippen LogP contribution in [0.15, 0.2) is 18.2 Å². The fourth-order valence-corrected chi connectivity index (χ4v) is 2.29. The second kappa shape index (κ2) is 4.33. The van der Waals surface area contributed by atoms with E-state index in [1.54, 1.807) is 12.1 Å². The van der Waals surface area contributed by atoms with Gasteiger partial charge in [-0.3, -0.25) is 10.1 Å². The van der Waals surface area contributed by atoms with Crippen LogP contribution in [0.25, 0.3) is 0 Å². The van der Waals surface area contributed by atoms with Crippen molar-refractivity contribution in [3.63, 3.8) is 0 Å². The standard InChI is InChI=1S/C12H17N3O2/c1-8(2)6-14-7-11(13)10-5-9(15(16)17)3-4-12(10)14/h3-5,8,11H,6-7,13H2,1-2H3/t11-/m1/s1. The minimum absolute atomic E-state index is 0.116. The van der Waals surface area contributed by atoms with Gasteiger partial charge in [-0.15, -0.1) is 0 Å². The molecule has 5 heteroatoms. The average Bonchev–Trinajstić information content (AvgIpc) is 2.54. The van der Waals surface area contributed by atoms with Gasteiger partial charge in [0.25, 0.3) is 5.69 Å². The summed E-state index contributed by atoms with van der Waals surface area (Å²) in [7, 11) is 0. The van der Waals surface area contributed by atoms with Gasteiger partial charge in [0.1, 0.15) is 0 Å². The number of nitrogens with zero attached hydrogens (tertiary/aromatic N) is 2. The molecule has 0 radical (unpaired) electrons. The Hall–Kier alpha value is -1.62. The van der Waals surface area contributed by atoms with Crippen molar-refractivity contribution < 1.29 is 4.92 Å². The fraction of sp³-hybridized carbons (Fsp3) is 0.500. The van der Waals surface area contributed by atoms with Gasteiger partial charge in [-0.1, -0.05) is 13.8 Å². The third kappa shape index (κ3) is 2.24. The van der Waals surface area contributed by atoms with E-state index in [2.05, 4.69) is 18.7 Å². The summed E-state index contributed by atoms with van der Waals surface area (Å²) in [6.07, 6.45) is 0. The number of non-ortho nitro benzene ring substituents is 1. The fourth-order valence-electron chi connectivity index (χ4n) is 2.29. The summed E-state index contributed by atoms with van der Waals surface area (Å²) in [4.78, 5) is 12.5. The van der Waals surface area contributed by atoms with Crippen molar-refractivity contribution in [2.24, 2.45) is 11.7 Å². The van der Waals surface area contributed by atoms with Crippen molar-refractivity contribution in [2.75, 3.05) is 18.0 Å². The summed E-state index contributed by atoms with van der Waals surface area (Å²) in [5.74, 6) is 0.545. The zero-order chi connectivity index (χ0) is 12.6. The normalized spacial score (nSPS) is 18.6. The van der Waals surface area contributed by atoms with Crippen molar-refractivity contribution >= 4 is 11.4 Å². The molecule has 1 aliphatic rings. The zero-order valence-corrected chi connectivity index (χ0v) is 10.1. The van der Waals surface area contributed by atoms with Crippen LogP contribution in [-0.2, 0) is 0 Å². The summed E-state index contributed by atoms with van der Waals surface area (Å²) in [6, 6.07) is 4.83. The minimum atomic E-state index is -0.377. The van der Waals surface area contributed by atoms with Gasteiger partial charge < -0.3 is 10.6 Å². The van der Waals surface area contributed by atoms with Crippen LogP contribution >= 0.6 is 0 Å². The maximum atomic E-state index is 10.7. The Balaban J connectivity index is 2.33. The lowest BCUT2D eigenvalue weighted by atomic mass is 10.1. The Labute approximate surface area is 100 Å². The summed E-state index contributed by atoms with van der Waals surface area (Å²) in [5, 5.41) is 10.7. The monoisotopic (exact) mass is 235 g/mol. The summed E-state index contributed by atoms with van der Waals surface area (Å²) in [6.45, 7) is 5.97. The second-order valence-corrected chi connectivity index (χ2v) is 4.91. The third-order valence-corrected chi connectivity index (χ3v) is 2.96. The molecule has 5 nitrogen and oxygen atoms in total. The first-order chi connectivity index (χ1) is 7.99. The molecule has 0 saturated carbocycles. The van der Waals surface area contributed by atoms with Crippen LogP contribution in [0.5, 0.6) is 0 Å². The lowest BCUT2D eigenvalue weighted by Crippen LogP contribution is -2.28. The Bertz CT molecular complexity index is 445. The highest BCUT2D eigenvalue weighted by molar-refractivity contribution is 5.63. The average molecular weight is 235 g/mol. The Kier molecular flexibility index (Phi) is 3.02. The van der Waals surface area contributed by atoms with Crippen molar-refractivity contribution in [3.8, 4) is 0 Å². The summed E-state index contributed by atoms with van der Waals surface area (Å²) < 4.78 is 0. The first-order valence-corrected chi connectivity index (χ1v) is 5.78. The Morgan fingerprint density at radius 3 is 2.88 bits per heavy atom. The van der Waals surface area contributed by atoms with Gasteiger partial charge in [0.05, 0.1) is 4.92 Å². The minimum Gasteiger partial charge on any atom is -0.369 e. The highest BCUT2D eigenvalue weighted by Crippen LogP contribution is 2.36. The van der Waals surface area contributed by atoms with E-state index in [9.17, 15) is 10.1 Å². The smallest absolute Gasteiger partial charge is 0.269 e. The van der Waals surface area contributed by atoms with E-state index in [4.69, 9.17) is 5.73 Å². The molecule has 17 heavy (non-hydrogen) atoms. The Morgan fingerprint density at radius 1 is 1.59 bits per heavy atom. The van der Waals surface area contributed by atoms with Gasteiger partial charge in [0.15, 0.2) is 0 Å². The van der Waals surface area contributed by atoms with Crippen LogP contribution in [-0.4, -0.2) is 18.0 Å². The van der Waals surface area contributed by atoms with E-state index < -0.39 is 0 Å². The molecule has 1 aromatic carbocycles.